The van der Waals surface area contributed by atoms with Crippen molar-refractivity contribution < 1.29 is 18.0 Å². The monoisotopic (exact) mass is 294 g/mol. The summed E-state index contributed by atoms with van der Waals surface area (Å²) >= 11 is 0. The number of aryl methyl sites for hydroxylation is 2. The van der Waals surface area contributed by atoms with E-state index >= 15 is 0 Å². The van der Waals surface area contributed by atoms with Crippen molar-refractivity contribution in [3.8, 4) is 0 Å². The lowest BCUT2D eigenvalue weighted by atomic mass is 10.1. The van der Waals surface area contributed by atoms with Crippen molar-refractivity contribution in [3.63, 3.8) is 0 Å². The Balaban J connectivity index is 2.37. The normalized spacial score (nSPS) is 10.5. The average Bonchev–Trinajstić information content (AvgIpc) is 2.34. The van der Waals surface area contributed by atoms with E-state index in [1.165, 1.54) is 0 Å². The number of nitrogen functional groups attached to an aromatic ring is 1. The third-order valence-electron chi connectivity index (χ3n) is 3.15. The van der Waals surface area contributed by atoms with Crippen molar-refractivity contribution in [1.82, 2.24) is 0 Å². The molecule has 2 aromatic carbocycles. The minimum absolute atomic E-state index is 0.242. The van der Waals surface area contributed by atoms with Crippen LogP contribution in [0.4, 0.5) is 24.5 Å². The zero-order valence-corrected chi connectivity index (χ0v) is 11.4. The molecule has 0 bridgehead atoms. The molecule has 3 N–H and O–H groups in total. The van der Waals surface area contributed by atoms with Gasteiger partial charge in [0.25, 0.3) is 5.91 Å². The lowest BCUT2D eigenvalue weighted by molar-refractivity contribution is 0.101. The Kier molecular flexibility index (Phi) is 3.88. The van der Waals surface area contributed by atoms with Gasteiger partial charge in [-0.25, -0.2) is 13.2 Å². The van der Waals surface area contributed by atoms with Crippen LogP contribution in [0.3, 0.4) is 0 Å². The molecule has 0 fully saturated rings. The van der Waals surface area contributed by atoms with Gasteiger partial charge in [-0.1, -0.05) is 0 Å². The average molecular weight is 294 g/mol. The molecule has 0 aromatic heterocycles. The number of hydrogen-bond donors (Lipinski definition) is 2. The summed E-state index contributed by atoms with van der Waals surface area (Å²) in [6, 6.07) is 4.13. The van der Waals surface area contributed by atoms with Crippen LogP contribution in [0.25, 0.3) is 0 Å². The number of rotatable bonds is 2. The summed E-state index contributed by atoms with van der Waals surface area (Å²) in [5.74, 6) is -4.66. The quantitative estimate of drug-likeness (QED) is 0.832. The molecule has 0 aliphatic rings. The van der Waals surface area contributed by atoms with Gasteiger partial charge in [-0.05, 0) is 37.1 Å². The van der Waals surface area contributed by atoms with Crippen LogP contribution in [0.5, 0.6) is 0 Å². The number of nitrogens with one attached hydrogen (secondary N) is 1. The number of benzene rings is 2. The Labute approximate surface area is 119 Å². The molecule has 0 saturated carbocycles. The van der Waals surface area contributed by atoms with E-state index in [1.54, 1.807) is 12.1 Å². The summed E-state index contributed by atoms with van der Waals surface area (Å²) in [4.78, 5) is 11.9. The first-order valence-corrected chi connectivity index (χ1v) is 6.12. The largest absolute Gasteiger partial charge is 0.397 e. The molecule has 0 saturated heterocycles. The number of amides is 1. The molecule has 0 radical (unpaired) electrons. The molecule has 21 heavy (non-hydrogen) atoms. The highest BCUT2D eigenvalue weighted by molar-refractivity contribution is 6.06. The molecular formula is C15H13F3N2O. The minimum Gasteiger partial charge on any atom is -0.397 e. The van der Waals surface area contributed by atoms with Crippen molar-refractivity contribution >= 4 is 17.3 Å². The van der Waals surface area contributed by atoms with Crippen LogP contribution in [-0.4, -0.2) is 5.91 Å². The predicted molar refractivity (Wildman–Crippen MR) is 74.6 cm³/mol. The Morgan fingerprint density at radius 1 is 1.00 bits per heavy atom. The molecule has 2 rings (SSSR count). The van der Waals surface area contributed by atoms with Gasteiger partial charge in [0.15, 0.2) is 0 Å². The fourth-order valence-corrected chi connectivity index (χ4v) is 1.89. The summed E-state index contributed by atoms with van der Waals surface area (Å²) in [6.45, 7) is 3.65. The number of nitrogens with two attached hydrogens (primary N) is 1. The highest BCUT2D eigenvalue weighted by Crippen LogP contribution is 2.24. The van der Waals surface area contributed by atoms with Crippen LogP contribution in [0.2, 0.25) is 0 Å². The van der Waals surface area contributed by atoms with Crippen LogP contribution in [-0.2, 0) is 0 Å². The molecule has 110 valence electrons. The van der Waals surface area contributed by atoms with Gasteiger partial charge in [-0.15, -0.1) is 0 Å². The van der Waals surface area contributed by atoms with Crippen LogP contribution in [0.1, 0.15) is 21.5 Å². The third-order valence-corrected chi connectivity index (χ3v) is 3.15. The highest BCUT2D eigenvalue weighted by atomic mass is 19.1. The Morgan fingerprint density at radius 3 is 2.10 bits per heavy atom. The number of carbonyl (C=O) groups excluding carboxylic acids is 1. The molecule has 0 aliphatic carbocycles. The maximum absolute atomic E-state index is 13.5. The standard InChI is InChI=1S/C15H13F3N2O/c1-7-3-12(19)13(4-8(7)2)20-15(21)14-10(17)5-9(16)6-11(14)18/h3-6H,19H2,1-2H3,(H,20,21). The molecular weight excluding hydrogens is 281 g/mol. The van der Waals surface area contributed by atoms with E-state index in [0.29, 0.717) is 12.1 Å². The van der Waals surface area contributed by atoms with E-state index < -0.39 is 28.9 Å². The van der Waals surface area contributed by atoms with Gasteiger partial charge in [0, 0.05) is 12.1 Å². The second kappa shape index (κ2) is 5.47. The summed E-state index contributed by atoms with van der Waals surface area (Å²) in [5, 5.41) is 2.33. The van der Waals surface area contributed by atoms with Crippen LogP contribution < -0.4 is 11.1 Å². The number of hydrogen-bond acceptors (Lipinski definition) is 2. The Bertz CT molecular complexity index is 706. The second-order valence-electron chi connectivity index (χ2n) is 4.72. The fraction of sp³-hybridized carbons (Fsp3) is 0.133. The molecule has 0 aliphatic heterocycles. The predicted octanol–water partition coefficient (Wildman–Crippen LogP) is 3.56. The topological polar surface area (TPSA) is 55.1 Å². The van der Waals surface area contributed by atoms with E-state index in [4.69, 9.17) is 5.73 Å². The highest BCUT2D eigenvalue weighted by Gasteiger charge is 2.20. The first-order valence-electron chi connectivity index (χ1n) is 6.12. The summed E-state index contributed by atoms with van der Waals surface area (Å²) in [5.41, 5.74) is 7.20. The molecule has 3 nitrogen and oxygen atoms in total. The van der Waals surface area contributed by atoms with Crippen LogP contribution in [0, 0.1) is 31.3 Å². The van der Waals surface area contributed by atoms with E-state index in [0.717, 1.165) is 11.1 Å². The Hall–Kier alpha value is -2.50. The van der Waals surface area contributed by atoms with Crippen LogP contribution >= 0.6 is 0 Å². The van der Waals surface area contributed by atoms with E-state index in [2.05, 4.69) is 5.32 Å². The van der Waals surface area contributed by atoms with Gasteiger partial charge in [0.1, 0.15) is 23.0 Å². The van der Waals surface area contributed by atoms with Crippen molar-refractivity contribution in [2.45, 2.75) is 13.8 Å². The number of carbonyl (C=O) groups is 1. The molecule has 0 unspecified atom stereocenters. The summed E-state index contributed by atoms with van der Waals surface area (Å²) in [6.07, 6.45) is 0. The molecule has 0 spiro atoms. The molecule has 0 heterocycles. The molecule has 1 amide bonds. The molecule has 2 aromatic rings. The lowest BCUT2D eigenvalue weighted by Crippen LogP contribution is -2.17. The van der Waals surface area contributed by atoms with Crippen molar-refractivity contribution in [1.29, 1.82) is 0 Å². The van der Waals surface area contributed by atoms with Gasteiger partial charge in [0.05, 0.1) is 11.4 Å². The first kappa shape index (κ1) is 14.9. The van der Waals surface area contributed by atoms with Gasteiger partial charge in [-0.2, -0.15) is 0 Å². The van der Waals surface area contributed by atoms with Crippen LogP contribution in [0.15, 0.2) is 24.3 Å². The SMILES string of the molecule is Cc1cc(N)c(NC(=O)c2c(F)cc(F)cc2F)cc1C. The van der Waals surface area contributed by atoms with Gasteiger partial charge < -0.3 is 11.1 Å². The fourth-order valence-electron chi connectivity index (χ4n) is 1.89. The Morgan fingerprint density at radius 2 is 1.52 bits per heavy atom. The smallest absolute Gasteiger partial charge is 0.261 e. The van der Waals surface area contributed by atoms with Gasteiger partial charge in [0.2, 0.25) is 0 Å². The zero-order valence-electron chi connectivity index (χ0n) is 11.4. The van der Waals surface area contributed by atoms with Crippen molar-refractivity contribution in [2.24, 2.45) is 0 Å². The summed E-state index contributed by atoms with van der Waals surface area (Å²) < 4.78 is 39.9. The molecule has 6 heteroatoms. The maximum atomic E-state index is 13.5. The van der Waals surface area contributed by atoms with E-state index in [1.807, 2.05) is 13.8 Å². The van der Waals surface area contributed by atoms with Crippen molar-refractivity contribution in [3.05, 3.63) is 58.4 Å². The first-order chi connectivity index (χ1) is 9.79. The molecule has 0 atom stereocenters. The second-order valence-corrected chi connectivity index (χ2v) is 4.72. The van der Waals surface area contributed by atoms with E-state index in [-0.39, 0.29) is 11.4 Å². The van der Waals surface area contributed by atoms with Crippen molar-refractivity contribution in [2.75, 3.05) is 11.1 Å². The zero-order chi connectivity index (χ0) is 15.7. The number of anilines is 2. The van der Waals surface area contributed by atoms with Gasteiger partial charge in [-0.3, -0.25) is 4.79 Å². The lowest BCUT2D eigenvalue weighted by Gasteiger charge is -2.12. The minimum atomic E-state index is -1.27. The maximum Gasteiger partial charge on any atom is 0.261 e. The van der Waals surface area contributed by atoms with E-state index in [9.17, 15) is 18.0 Å². The number of halogens is 3. The summed E-state index contributed by atoms with van der Waals surface area (Å²) in [7, 11) is 0. The van der Waals surface area contributed by atoms with Gasteiger partial charge >= 0.3 is 0 Å². The third kappa shape index (κ3) is 2.99.